The highest BCUT2D eigenvalue weighted by Gasteiger charge is 2.44. The van der Waals surface area contributed by atoms with Crippen LogP contribution >= 0.6 is 0 Å². The van der Waals surface area contributed by atoms with E-state index in [0.29, 0.717) is 5.56 Å². The summed E-state index contributed by atoms with van der Waals surface area (Å²) in [5.74, 6) is -3.43. The summed E-state index contributed by atoms with van der Waals surface area (Å²) in [6.07, 6.45) is 0. The number of aliphatic hydroxyl groups is 2. The van der Waals surface area contributed by atoms with Crippen LogP contribution in [0.3, 0.4) is 0 Å². The van der Waals surface area contributed by atoms with Crippen LogP contribution in [0.4, 0.5) is 19.4 Å². The summed E-state index contributed by atoms with van der Waals surface area (Å²) in [5, 5.41) is 31.6. The van der Waals surface area contributed by atoms with Crippen molar-refractivity contribution in [2.75, 3.05) is 5.32 Å². The van der Waals surface area contributed by atoms with Crippen LogP contribution in [0, 0.1) is 0 Å². The van der Waals surface area contributed by atoms with Crippen molar-refractivity contribution in [2.24, 2.45) is 0 Å². The van der Waals surface area contributed by atoms with E-state index in [-0.39, 0.29) is 22.4 Å². The van der Waals surface area contributed by atoms with Gasteiger partial charge in [0.15, 0.2) is 0 Å². The summed E-state index contributed by atoms with van der Waals surface area (Å²) in [6, 6.07) is 37.4. The lowest BCUT2D eigenvalue weighted by atomic mass is 9.77. The van der Waals surface area contributed by atoms with Gasteiger partial charge in [-0.1, -0.05) is 121 Å². The van der Waals surface area contributed by atoms with Gasteiger partial charge in [0.25, 0.3) is 5.92 Å². The van der Waals surface area contributed by atoms with Crippen molar-refractivity contribution in [1.82, 2.24) is 20.1 Å². The third-order valence-electron chi connectivity index (χ3n) is 8.55. The number of carbonyl (C=O) groups excluding carboxylic acids is 1. The number of anilines is 1. The maximum atomic E-state index is 15.5. The number of carbonyl (C=O) groups is 1. The summed E-state index contributed by atoms with van der Waals surface area (Å²) >= 11 is 0. The molecule has 0 fully saturated rings. The lowest BCUT2D eigenvalue weighted by molar-refractivity contribution is 0.0132. The monoisotopic (exact) mass is 661 g/mol. The maximum absolute atomic E-state index is 15.5. The zero-order chi connectivity index (χ0) is 34.8. The van der Waals surface area contributed by atoms with Crippen molar-refractivity contribution in [3.63, 3.8) is 0 Å². The molecule has 8 nitrogen and oxygen atoms in total. The average molecular weight is 662 g/mol. The van der Waals surface area contributed by atoms with Gasteiger partial charge in [0.2, 0.25) is 0 Å². The number of nitrogens with zero attached hydrogens (tertiary/aromatic N) is 3. The Kier molecular flexibility index (Phi) is 9.02. The second-order valence-corrected chi connectivity index (χ2v) is 12.6. The Morgan fingerprint density at radius 3 is 1.69 bits per heavy atom. The first-order valence-electron chi connectivity index (χ1n) is 15.9. The van der Waals surface area contributed by atoms with Gasteiger partial charge in [0, 0.05) is 13.0 Å². The predicted octanol–water partition coefficient (Wildman–Crippen LogP) is 7.51. The number of fused-ring (bicyclic) bond motifs is 1. The molecule has 49 heavy (non-hydrogen) atoms. The highest BCUT2D eigenvalue weighted by atomic mass is 19.3. The number of aromatic nitrogens is 3. The number of hydrogen-bond donors (Lipinski definition) is 4. The molecule has 2 heterocycles. The fraction of sp³-hybridized carbons (Fsp3) is 0.205. The molecular weight excluding hydrogens is 624 g/mol. The zero-order valence-corrected chi connectivity index (χ0v) is 27.3. The summed E-state index contributed by atoms with van der Waals surface area (Å²) < 4.78 is 32.6. The van der Waals surface area contributed by atoms with E-state index >= 15 is 8.78 Å². The van der Waals surface area contributed by atoms with Crippen molar-refractivity contribution in [2.45, 2.75) is 50.5 Å². The van der Waals surface area contributed by atoms with Gasteiger partial charge in [-0.2, -0.15) is 13.9 Å². The highest BCUT2D eigenvalue weighted by Crippen LogP contribution is 2.45. The number of pyridine rings is 1. The highest BCUT2D eigenvalue weighted by molar-refractivity contribution is 5.93. The first-order chi connectivity index (χ1) is 23.4. The maximum Gasteiger partial charge on any atom is 0.320 e. The third kappa shape index (κ3) is 6.40. The fourth-order valence-corrected chi connectivity index (χ4v) is 6.46. The van der Waals surface area contributed by atoms with E-state index in [0.717, 1.165) is 23.6 Å². The van der Waals surface area contributed by atoms with E-state index in [2.05, 4.69) is 20.7 Å². The summed E-state index contributed by atoms with van der Waals surface area (Å²) in [7, 11) is 0. The average Bonchev–Trinajstić information content (AvgIpc) is 3.49. The van der Waals surface area contributed by atoms with E-state index in [1.807, 2.05) is 97.1 Å². The number of alkyl halides is 2. The second kappa shape index (κ2) is 13.2. The molecule has 0 saturated heterocycles. The first kappa shape index (κ1) is 33.5. The van der Waals surface area contributed by atoms with Gasteiger partial charge in [-0.15, -0.1) is 0 Å². The van der Waals surface area contributed by atoms with Gasteiger partial charge < -0.3 is 15.5 Å². The van der Waals surface area contributed by atoms with Crippen LogP contribution in [-0.2, 0) is 18.1 Å². The normalized spacial score (nSPS) is 12.9. The molecule has 0 radical (unpaired) electrons. The van der Waals surface area contributed by atoms with E-state index < -0.39 is 41.4 Å². The minimum atomic E-state index is -3.42. The molecule has 0 saturated carbocycles. The van der Waals surface area contributed by atoms with E-state index in [1.54, 1.807) is 42.8 Å². The lowest BCUT2D eigenvalue weighted by Gasteiger charge is -2.37. The molecule has 0 aliphatic carbocycles. The Morgan fingerprint density at radius 2 is 1.27 bits per heavy atom. The van der Waals surface area contributed by atoms with Crippen LogP contribution in [0.5, 0.6) is 0 Å². The minimum Gasteiger partial charge on any atom is -0.390 e. The van der Waals surface area contributed by atoms with Crippen molar-refractivity contribution in [3.8, 4) is 0 Å². The number of halogens is 2. The molecule has 1 unspecified atom stereocenters. The minimum absolute atomic E-state index is 0.00758. The van der Waals surface area contributed by atoms with Crippen molar-refractivity contribution in [1.29, 1.82) is 0 Å². The van der Waals surface area contributed by atoms with E-state index in [4.69, 9.17) is 0 Å². The Bertz CT molecular complexity index is 1950. The molecule has 6 aromatic rings. The van der Waals surface area contributed by atoms with Gasteiger partial charge >= 0.3 is 6.03 Å². The zero-order valence-electron chi connectivity index (χ0n) is 27.3. The summed E-state index contributed by atoms with van der Waals surface area (Å²) in [4.78, 5) is 17.9. The smallest absolute Gasteiger partial charge is 0.320 e. The molecule has 0 aliphatic heterocycles. The molecule has 1 atom stereocenters. The Morgan fingerprint density at radius 1 is 0.796 bits per heavy atom. The Balaban J connectivity index is 1.60. The molecule has 0 spiro atoms. The van der Waals surface area contributed by atoms with Gasteiger partial charge in [-0.25, -0.2) is 14.5 Å². The van der Waals surface area contributed by atoms with Crippen LogP contribution in [0.2, 0.25) is 0 Å². The first-order valence-corrected chi connectivity index (χ1v) is 15.9. The van der Waals surface area contributed by atoms with Gasteiger partial charge in [0.1, 0.15) is 17.1 Å². The van der Waals surface area contributed by atoms with Crippen LogP contribution in [0.25, 0.3) is 10.9 Å². The molecule has 6 rings (SSSR count). The topological polar surface area (TPSA) is 112 Å². The van der Waals surface area contributed by atoms with Crippen molar-refractivity contribution >= 4 is 22.8 Å². The third-order valence-corrected chi connectivity index (χ3v) is 8.55. The van der Waals surface area contributed by atoms with Crippen molar-refractivity contribution in [3.05, 3.63) is 161 Å². The number of aliphatic hydroxyl groups excluding tert-OH is 1. The number of hydrogen-bond acceptors (Lipinski definition) is 5. The predicted molar refractivity (Wildman–Crippen MR) is 185 cm³/mol. The molecule has 0 bridgehead atoms. The molecule has 250 valence electrons. The SMILES string of the molecule is CC(F)(F)c1nn(C(c2ccccc2)(c2ccccc2)c2ccccc2)c2cc(NC(=O)NC(c3ccccc3)C(C)(C)O)nc(CO)c12. The van der Waals surface area contributed by atoms with Crippen LogP contribution in [0.15, 0.2) is 127 Å². The number of amides is 2. The van der Waals surface area contributed by atoms with Gasteiger partial charge in [0.05, 0.1) is 34.8 Å². The molecule has 2 amide bonds. The summed E-state index contributed by atoms with van der Waals surface area (Å²) in [5.41, 5.74) is -0.143. The Hall–Kier alpha value is -5.45. The molecule has 4 aromatic carbocycles. The second-order valence-electron chi connectivity index (χ2n) is 12.6. The standard InChI is InChI=1S/C39H37F2N5O3/c1-37(2,49)34(26-16-8-4-9-17-26)44-36(48)43-32-24-31-33(30(25-47)42-32)35(38(3,40)41)45-46(31)39(27-18-10-5-11-19-27,28-20-12-6-13-21-28)29-22-14-7-15-23-29/h4-24,34,47,49H,25H2,1-3H3,(H2,42,43,44,48). The number of urea groups is 1. The number of benzene rings is 4. The molecular formula is C39H37F2N5O3. The molecule has 2 aromatic heterocycles. The quantitative estimate of drug-likeness (QED) is 0.114. The van der Waals surface area contributed by atoms with Gasteiger partial charge in [-0.05, 0) is 36.1 Å². The molecule has 10 heteroatoms. The van der Waals surface area contributed by atoms with Crippen LogP contribution < -0.4 is 10.6 Å². The van der Waals surface area contributed by atoms with Gasteiger partial charge in [-0.3, -0.25) is 5.32 Å². The van der Waals surface area contributed by atoms with Crippen molar-refractivity contribution < 1.29 is 23.8 Å². The fourth-order valence-electron chi connectivity index (χ4n) is 6.46. The molecule has 4 N–H and O–H groups in total. The van der Waals surface area contributed by atoms with Crippen LogP contribution in [-0.4, -0.2) is 36.6 Å². The number of nitrogens with one attached hydrogen (secondary N) is 2. The Labute approximate surface area is 283 Å². The molecule has 0 aliphatic rings. The van der Waals surface area contributed by atoms with Crippen LogP contribution in [0.1, 0.15) is 60.5 Å². The largest absolute Gasteiger partial charge is 0.390 e. The van der Waals surface area contributed by atoms with E-state index in [1.165, 1.54) is 6.07 Å². The lowest BCUT2D eigenvalue weighted by Crippen LogP contribution is -2.44. The number of rotatable bonds is 10. The van der Waals surface area contributed by atoms with E-state index in [9.17, 15) is 15.0 Å². The summed E-state index contributed by atoms with van der Waals surface area (Å²) in [6.45, 7) is 3.23.